The molecule has 1 heterocycles. The van der Waals surface area contributed by atoms with E-state index in [0.717, 1.165) is 18.5 Å². The Hall–Kier alpha value is -1.26. The van der Waals surface area contributed by atoms with Gasteiger partial charge >= 0.3 is 0 Å². The van der Waals surface area contributed by atoms with Gasteiger partial charge in [0, 0.05) is 18.2 Å². The molecule has 0 aromatic heterocycles. The van der Waals surface area contributed by atoms with Crippen molar-refractivity contribution in [3.8, 4) is 11.5 Å². The standard InChI is InChI=1S/C13H20N2O2/c1-15-8-9(7-14)6-11(15)10-4-3-5-12(17-2)13(10)16/h3-5,9,11,16H,6-8,14H2,1-2H3. The Kier molecular flexibility index (Phi) is 3.54. The molecular formula is C13H20N2O2. The van der Waals surface area contributed by atoms with Gasteiger partial charge in [-0.3, -0.25) is 4.90 Å². The zero-order valence-electron chi connectivity index (χ0n) is 10.4. The smallest absolute Gasteiger partial charge is 0.162 e. The van der Waals surface area contributed by atoms with Crippen molar-refractivity contribution in [3.63, 3.8) is 0 Å². The van der Waals surface area contributed by atoms with Gasteiger partial charge in [0.25, 0.3) is 0 Å². The largest absolute Gasteiger partial charge is 0.504 e. The first-order chi connectivity index (χ1) is 8.17. The number of aromatic hydroxyl groups is 1. The molecule has 3 N–H and O–H groups in total. The highest BCUT2D eigenvalue weighted by molar-refractivity contribution is 5.47. The van der Waals surface area contributed by atoms with Crippen LogP contribution in [-0.2, 0) is 0 Å². The lowest BCUT2D eigenvalue weighted by molar-refractivity contribution is 0.300. The second kappa shape index (κ2) is 4.94. The van der Waals surface area contributed by atoms with Gasteiger partial charge in [0.15, 0.2) is 11.5 Å². The van der Waals surface area contributed by atoms with Gasteiger partial charge in [-0.05, 0) is 32.0 Å². The fourth-order valence-corrected chi connectivity index (χ4v) is 2.61. The van der Waals surface area contributed by atoms with Crippen LogP contribution in [0.1, 0.15) is 18.0 Å². The number of ether oxygens (including phenoxy) is 1. The molecule has 94 valence electrons. The van der Waals surface area contributed by atoms with Crippen LogP contribution in [0, 0.1) is 5.92 Å². The molecule has 0 bridgehead atoms. The second-order valence-corrected chi connectivity index (χ2v) is 4.69. The molecule has 0 spiro atoms. The molecule has 2 atom stereocenters. The summed E-state index contributed by atoms with van der Waals surface area (Å²) in [7, 11) is 3.64. The van der Waals surface area contributed by atoms with Crippen LogP contribution in [-0.4, -0.2) is 37.3 Å². The lowest BCUT2D eigenvalue weighted by Crippen LogP contribution is -2.20. The number of hydrogen-bond donors (Lipinski definition) is 2. The predicted molar refractivity (Wildman–Crippen MR) is 67.2 cm³/mol. The first kappa shape index (κ1) is 12.2. The molecule has 4 heteroatoms. The van der Waals surface area contributed by atoms with E-state index in [9.17, 15) is 5.11 Å². The average molecular weight is 236 g/mol. The van der Waals surface area contributed by atoms with Crippen LogP contribution in [0.25, 0.3) is 0 Å². The van der Waals surface area contributed by atoms with E-state index in [1.165, 1.54) is 0 Å². The zero-order chi connectivity index (χ0) is 12.4. The van der Waals surface area contributed by atoms with Crippen LogP contribution in [0.15, 0.2) is 18.2 Å². The number of benzene rings is 1. The first-order valence-corrected chi connectivity index (χ1v) is 5.93. The first-order valence-electron chi connectivity index (χ1n) is 5.93. The Balaban J connectivity index is 2.28. The quantitative estimate of drug-likeness (QED) is 0.831. The van der Waals surface area contributed by atoms with E-state index in [2.05, 4.69) is 11.9 Å². The molecule has 1 aromatic carbocycles. The Morgan fingerprint density at radius 1 is 1.53 bits per heavy atom. The summed E-state index contributed by atoms with van der Waals surface area (Å²) in [4.78, 5) is 2.24. The molecule has 17 heavy (non-hydrogen) atoms. The van der Waals surface area contributed by atoms with E-state index in [1.54, 1.807) is 13.2 Å². The summed E-state index contributed by atoms with van der Waals surface area (Å²) in [5.74, 6) is 1.30. The van der Waals surface area contributed by atoms with Gasteiger partial charge in [0.2, 0.25) is 0 Å². The minimum absolute atomic E-state index is 0.235. The number of phenols is 1. The summed E-state index contributed by atoms with van der Waals surface area (Å²) < 4.78 is 5.14. The van der Waals surface area contributed by atoms with Gasteiger partial charge < -0.3 is 15.6 Å². The van der Waals surface area contributed by atoms with E-state index >= 15 is 0 Å². The summed E-state index contributed by atoms with van der Waals surface area (Å²) in [6.07, 6.45) is 0.994. The van der Waals surface area contributed by atoms with Crippen LogP contribution in [0.3, 0.4) is 0 Å². The van der Waals surface area contributed by atoms with Gasteiger partial charge in [0.1, 0.15) is 0 Å². The van der Waals surface area contributed by atoms with Crippen LogP contribution in [0.5, 0.6) is 11.5 Å². The number of nitrogens with zero attached hydrogens (tertiary/aromatic N) is 1. The number of likely N-dealkylation sites (tertiary alicyclic amines) is 1. The highest BCUT2D eigenvalue weighted by Gasteiger charge is 2.31. The van der Waals surface area contributed by atoms with E-state index < -0.39 is 0 Å². The molecular weight excluding hydrogens is 216 g/mol. The highest BCUT2D eigenvalue weighted by atomic mass is 16.5. The Labute approximate surface area is 102 Å². The summed E-state index contributed by atoms with van der Waals surface area (Å²) in [6.45, 7) is 1.68. The molecule has 1 aliphatic rings. The van der Waals surface area contributed by atoms with Gasteiger partial charge in [-0.2, -0.15) is 0 Å². The molecule has 0 radical (unpaired) electrons. The van der Waals surface area contributed by atoms with Crippen molar-refractivity contribution in [2.75, 3.05) is 27.2 Å². The van der Waals surface area contributed by atoms with E-state index in [-0.39, 0.29) is 11.8 Å². The molecule has 1 aromatic rings. The van der Waals surface area contributed by atoms with Gasteiger partial charge in [-0.15, -0.1) is 0 Å². The fourth-order valence-electron chi connectivity index (χ4n) is 2.61. The van der Waals surface area contributed by atoms with Gasteiger partial charge in [-0.1, -0.05) is 12.1 Å². The molecule has 2 rings (SSSR count). The maximum absolute atomic E-state index is 10.1. The van der Waals surface area contributed by atoms with Crippen molar-refractivity contribution in [1.82, 2.24) is 4.90 Å². The van der Waals surface area contributed by atoms with Crippen LogP contribution >= 0.6 is 0 Å². The molecule has 1 saturated heterocycles. The molecule has 4 nitrogen and oxygen atoms in total. The van der Waals surface area contributed by atoms with Crippen molar-refractivity contribution < 1.29 is 9.84 Å². The predicted octanol–water partition coefficient (Wildman–Crippen LogP) is 1.35. The molecule has 1 aliphatic heterocycles. The molecule has 1 fully saturated rings. The topological polar surface area (TPSA) is 58.7 Å². The maximum atomic E-state index is 10.1. The number of para-hydroxylation sites is 1. The van der Waals surface area contributed by atoms with Crippen molar-refractivity contribution in [2.45, 2.75) is 12.5 Å². The molecule has 2 unspecified atom stereocenters. The van der Waals surface area contributed by atoms with Crippen molar-refractivity contribution in [3.05, 3.63) is 23.8 Å². The third kappa shape index (κ3) is 2.23. The SMILES string of the molecule is COc1cccc(C2CC(CN)CN2C)c1O. The van der Waals surface area contributed by atoms with Gasteiger partial charge in [-0.25, -0.2) is 0 Å². The highest BCUT2D eigenvalue weighted by Crippen LogP contribution is 2.41. The second-order valence-electron chi connectivity index (χ2n) is 4.69. The lowest BCUT2D eigenvalue weighted by atomic mass is 9.99. The average Bonchev–Trinajstić information content (AvgIpc) is 2.71. The summed E-state index contributed by atoms with van der Waals surface area (Å²) in [5, 5.41) is 10.1. The molecule has 0 amide bonds. The van der Waals surface area contributed by atoms with E-state index in [4.69, 9.17) is 10.5 Å². The minimum Gasteiger partial charge on any atom is -0.504 e. The Morgan fingerprint density at radius 2 is 2.29 bits per heavy atom. The lowest BCUT2D eigenvalue weighted by Gasteiger charge is -2.21. The van der Waals surface area contributed by atoms with Gasteiger partial charge in [0.05, 0.1) is 7.11 Å². The Bertz CT molecular complexity index is 395. The van der Waals surface area contributed by atoms with Crippen molar-refractivity contribution in [2.24, 2.45) is 11.7 Å². The number of methoxy groups -OCH3 is 1. The van der Waals surface area contributed by atoms with Crippen LogP contribution in [0.2, 0.25) is 0 Å². The summed E-state index contributed by atoms with van der Waals surface area (Å²) >= 11 is 0. The molecule has 0 saturated carbocycles. The van der Waals surface area contributed by atoms with E-state index in [1.807, 2.05) is 12.1 Å². The third-order valence-corrected chi connectivity index (χ3v) is 3.58. The zero-order valence-corrected chi connectivity index (χ0v) is 10.4. The van der Waals surface area contributed by atoms with Crippen LogP contribution in [0.4, 0.5) is 0 Å². The fraction of sp³-hybridized carbons (Fsp3) is 0.538. The normalized spacial score (nSPS) is 25.1. The van der Waals surface area contributed by atoms with Crippen molar-refractivity contribution in [1.29, 1.82) is 0 Å². The Morgan fingerprint density at radius 3 is 2.88 bits per heavy atom. The number of nitrogens with two attached hydrogens (primary N) is 1. The minimum atomic E-state index is 0.235. The summed E-state index contributed by atoms with van der Waals surface area (Å²) in [5.41, 5.74) is 6.65. The third-order valence-electron chi connectivity index (χ3n) is 3.58. The van der Waals surface area contributed by atoms with E-state index in [0.29, 0.717) is 18.2 Å². The monoisotopic (exact) mass is 236 g/mol. The maximum Gasteiger partial charge on any atom is 0.162 e. The molecule has 0 aliphatic carbocycles. The number of hydrogen-bond acceptors (Lipinski definition) is 4. The van der Waals surface area contributed by atoms with Crippen molar-refractivity contribution >= 4 is 0 Å². The number of phenolic OH excluding ortho intramolecular Hbond substituents is 1. The summed E-state index contributed by atoms with van der Waals surface area (Å²) in [6, 6.07) is 5.88. The number of rotatable bonds is 3. The van der Waals surface area contributed by atoms with Crippen LogP contribution < -0.4 is 10.5 Å².